The molecule has 1 heterocycles. The molecule has 0 aliphatic heterocycles. The van der Waals surface area contributed by atoms with Gasteiger partial charge in [0.2, 0.25) is 0 Å². The Morgan fingerprint density at radius 1 is 1.22 bits per heavy atom. The molecule has 1 amide bonds. The van der Waals surface area contributed by atoms with Gasteiger partial charge in [-0.15, -0.1) is 0 Å². The van der Waals surface area contributed by atoms with E-state index in [1.54, 1.807) is 6.07 Å². The van der Waals surface area contributed by atoms with E-state index in [4.69, 9.17) is 11.5 Å². The first-order chi connectivity index (χ1) is 8.58. The molecule has 0 saturated carbocycles. The molecule has 18 heavy (non-hydrogen) atoms. The van der Waals surface area contributed by atoms with E-state index in [1.165, 1.54) is 0 Å². The Bertz CT molecular complexity index is 595. The minimum Gasteiger partial charge on any atom is -0.370 e. The average molecular weight is 242 g/mol. The molecule has 0 aliphatic rings. The SMILES string of the molecule is Cc1cc(-n2cccc2)ccc1C(=O)N=C(N)N. The molecule has 0 unspecified atom stereocenters. The highest BCUT2D eigenvalue weighted by molar-refractivity contribution is 6.02. The zero-order chi connectivity index (χ0) is 13.1. The zero-order valence-corrected chi connectivity index (χ0v) is 10.00. The Hall–Kier alpha value is -2.56. The molecular formula is C13H14N4O. The summed E-state index contributed by atoms with van der Waals surface area (Å²) in [5, 5.41) is 0. The summed E-state index contributed by atoms with van der Waals surface area (Å²) in [5.41, 5.74) is 12.7. The van der Waals surface area contributed by atoms with Crippen molar-refractivity contribution in [2.45, 2.75) is 6.92 Å². The van der Waals surface area contributed by atoms with Crippen molar-refractivity contribution in [3.8, 4) is 5.69 Å². The second-order valence-corrected chi connectivity index (χ2v) is 3.93. The number of rotatable bonds is 2. The van der Waals surface area contributed by atoms with Crippen LogP contribution in [0.5, 0.6) is 0 Å². The van der Waals surface area contributed by atoms with Crippen molar-refractivity contribution in [1.82, 2.24) is 4.57 Å². The number of hydrogen-bond acceptors (Lipinski definition) is 1. The molecular weight excluding hydrogens is 228 g/mol. The van der Waals surface area contributed by atoms with Gasteiger partial charge in [0, 0.05) is 23.6 Å². The quantitative estimate of drug-likeness (QED) is 0.612. The Labute approximate surface area is 105 Å². The molecule has 4 N–H and O–H groups in total. The fourth-order valence-electron chi connectivity index (χ4n) is 1.73. The lowest BCUT2D eigenvalue weighted by atomic mass is 10.1. The van der Waals surface area contributed by atoms with Crippen LogP contribution in [-0.4, -0.2) is 16.4 Å². The summed E-state index contributed by atoms with van der Waals surface area (Å²) in [6.07, 6.45) is 3.87. The number of aliphatic imine (C=N–C) groups is 1. The smallest absolute Gasteiger partial charge is 0.280 e. The Morgan fingerprint density at radius 2 is 1.89 bits per heavy atom. The first-order valence-corrected chi connectivity index (χ1v) is 5.46. The third-order valence-electron chi connectivity index (χ3n) is 2.57. The zero-order valence-electron chi connectivity index (χ0n) is 10.00. The van der Waals surface area contributed by atoms with Gasteiger partial charge in [0.25, 0.3) is 5.91 Å². The van der Waals surface area contributed by atoms with Gasteiger partial charge < -0.3 is 16.0 Å². The highest BCUT2D eigenvalue weighted by atomic mass is 16.1. The van der Waals surface area contributed by atoms with E-state index in [2.05, 4.69) is 4.99 Å². The lowest BCUT2D eigenvalue weighted by Crippen LogP contribution is -2.24. The number of aromatic nitrogens is 1. The number of nitrogens with two attached hydrogens (primary N) is 2. The molecule has 0 radical (unpaired) electrons. The molecule has 92 valence electrons. The van der Waals surface area contributed by atoms with Crippen molar-refractivity contribution in [2.75, 3.05) is 0 Å². The highest BCUT2D eigenvalue weighted by Crippen LogP contribution is 2.15. The van der Waals surface area contributed by atoms with Gasteiger partial charge in [-0.2, -0.15) is 4.99 Å². The van der Waals surface area contributed by atoms with Crippen molar-refractivity contribution >= 4 is 11.9 Å². The fraction of sp³-hybridized carbons (Fsp3) is 0.0769. The molecule has 0 aliphatic carbocycles. The van der Waals surface area contributed by atoms with Gasteiger partial charge in [-0.05, 0) is 42.8 Å². The van der Waals surface area contributed by atoms with E-state index in [9.17, 15) is 4.79 Å². The first-order valence-electron chi connectivity index (χ1n) is 5.46. The molecule has 0 saturated heterocycles. The number of hydrogen-bond donors (Lipinski definition) is 2. The maximum Gasteiger partial charge on any atom is 0.280 e. The second kappa shape index (κ2) is 4.75. The van der Waals surface area contributed by atoms with Crippen LogP contribution in [-0.2, 0) is 0 Å². The molecule has 2 aromatic rings. The highest BCUT2D eigenvalue weighted by Gasteiger charge is 2.09. The molecule has 2 rings (SSSR count). The maximum atomic E-state index is 11.7. The Kier molecular flexibility index (Phi) is 3.14. The number of amides is 1. The molecule has 5 heteroatoms. The number of nitrogens with zero attached hydrogens (tertiary/aromatic N) is 2. The second-order valence-electron chi connectivity index (χ2n) is 3.93. The van der Waals surface area contributed by atoms with Crippen LogP contribution in [0.3, 0.4) is 0 Å². The van der Waals surface area contributed by atoms with E-state index >= 15 is 0 Å². The summed E-state index contributed by atoms with van der Waals surface area (Å²) in [6, 6.07) is 9.36. The largest absolute Gasteiger partial charge is 0.370 e. The summed E-state index contributed by atoms with van der Waals surface area (Å²) in [7, 11) is 0. The molecule has 1 aromatic heterocycles. The van der Waals surface area contributed by atoms with E-state index in [0.717, 1.165) is 11.3 Å². The van der Waals surface area contributed by atoms with Gasteiger partial charge in [-0.25, -0.2) is 0 Å². The van der Waals surface area contributed by atoms with Crippen molar-refractivity contribution in [1.29, 1.82) is 0 Å². The van der Waals surface area contributed by atoms with E-state index in [1.807, 2.05) is 48.1 Å². The number of benzene rings is 1. The van der Waals surface area contributed by atoms with E-state index in [0.29, 0.717) is 5.56 Å². The summed E-state index contributed by atoms with van der Waals surface area (Å²) >= 11 is 0. The van der Waals surface area contributed by atoms with Crippen LogP contribution < -0.4 is 11.5 Å². The first kappa shape index (κ1) is 11.9. The summed E-state index contributed by atoms with van der Waals surface area (Å²) in [6.45, 7) is 1.85. The van der Waals surface area contributed by atoms with Gasteiger partial charge in [-0.3, -0.25) is 4.79 Å². The van der Waals surface area contributed by atoms with Crippen LogP contribution >= 0.6 is 0 Å². The minimum absolute atomic E-state index is 0.228. The minimum atomic E-state index is -0.424. The average Bonchev–Trinajstić information content (AvgIpc) is 2.80. The van der Waals surface area contributed by atoms with Crippen molar-refractivity contribution in [3.63, 3.8) is 0 Å². The van der Waals surface area contributed by atoms with Crippen LogP contribution in [0, 0.1) is 6.92 Å². The van der Waals surface area contributed by atoms with Crippen LogP contribution in [0.2, 0.25) is 0 Å². The Balaban J connectivity index is 2.37. The number of aryl methyl sites for hydroxylation is 1. The topological polar surface area (TPSA) is 86.4 Å². The third-order valence-corrected chi connectivity index (χ3v) is 2.57. The molecule has 0 bridgehead atoms. The monoisotopic (exact) mass is 242 g/mol. The summed E-state index contributed by atoms with van der Waals surface area (Å²) < 4.78 is 1.96. The molecule has 5 nitrogen and oxygen atoms in total. The molecule has 0 atom stereocenters. The lowest BCUT2D eigenvalue weighted by molar-refractivity contribution is 0.100. The third kappa shape index (κ3) is 2.40. The summed E-state index contributed by atoms with van der Waals surface area (Å²) in [4.78, 5) is 15.2. The van der Waals surface area contributed by atoms with Gasteiger partial charge >= 0.3 is 0 Å². The molecule has 0 spiro atoms. The van der Waals surface area contributed by atoms with Crippen molar-refractivity contribution < 1.29 is 4.79 Å². The summed E-state index contributed by atoms with van der Waals surface area (Å²) in [5.74, 6) is -0.652. The van der Waals surface area contributed by atoms with Crippen LogP contribution in [0.4, 0.5) is 0 Å². The van der Waals surface area contributed by atoms with Crippen LogP contribution in [0.15, 0.2) is 47.7 Å². The van der Waals surface area contributed by atoms with E-state index < -0.39 is 5.91 Å². The number of guanidine groups is 1. The number of carbonyl (C=O) groups excluding carboxylic acids is 1. The Morgan fingerprint density at radius 3 is 2.44 bits per heavy atom. The fourth-order valence-corrected chi connectivity index (χ4v) is 1.73. The van der Waals surface area contributed by atoms with Crippen LogP contribution in [0.25, 0.3) is 5.69 Å². The predicted molar refractivity (Wildman–Crippen MR) is 70.6 cm³/mol. The van der Waals surface area contributed by atoms with Gasteiger partial charge in [-0.1, -0.05) is 0 Å². The standard InChI is InChI=1S/C13H14N4O/c1-9-8-10(17-6-2-3-7-17)4-5-11(9)12(18)16-13(14)15/h2-8H,1H3,(H4,14,15,16,18). The maximum absolute atomic E-state index is 11.7. The lowest BCUT2D eigenvalue weighted by Gasteiger charge is -2.07. The van der Waals surface area contributed by atoms with Gasteiger partial charge in [0.1, 0.15) is 0 Å². The van der Waals surface area contributed by atoms with Gasteiger partial charge in [0.05, 0.1) is 0 Å². The van der Waals surface area contributed by atoms with Crippen molar-refractivity contribution in [2.24, 2.45) is 16.5 Å². The van der Waals surface area contributed by atoms with Crippen molar-refractivity contribution in [3.05, 3.63) is 53.9 Å². The number of carbonyl (C=O) groups is 1. The van der Waals surface area contributed by atoms with Gasteiger partial charge in [0.15, 0.2) is 5.96 Å². The van der Waals surface area contributed by atoms with E-state index in [-0.39, 0.29) is 5.96 Å². The molecule has 1 aromatic carbocycles. The normalized spacial score (nSPS) is 10.1. The molecule has 0 fully saturated rings. The predicted octanol–water partition coefficient (Wildman–Crippen LogP) is 1.20. The van der Waals surface area contributed by atoms with Crippen LogP contribution in [0.1, 0.15) is 15.9 Å².